The highest BCUT2D eigenvalue weighted by molar-refractivity contribution is 5.76. The second kappa shape index (κ2) is 8.81. The average molecular weight is 344 g/mol. The zero-order valence-corrected chi connectivity index (χ0v) is 15.7. The van der Waals surface area contributed by atoms with Crippen molar-refractivity contribution in [2.75, 3.05) is 26.2 Å². The third-order valence-corrected chi connectivity index (χ3v) is 5.74. The summed E-state index contributed by atoms with van der Waals surface area (Å²) in [6.45, 7) is 8.81. The maximum absolute atomic E-state index is 12.7. The van der Waals surface area contributed by atoms with Gasteiger partial charge in [0.2, 0.25) is 5.91 Å². The Bertz CT molecular complexity index is 542. The molecule has 0 aromatic heterocycles. The van der Waals surface area contributed by atoms with Gasteiger partial charge < -0.3 is 9.64 Å². The third-order valence-electron chi connectivity index (χ3n) is 5.74. The van der Waals surface area contributed by atoms with E-state index in [1.165, 1.54) is 5.56 Å². The zero-order chi connectivity index (χ0) is 17.6. The minimum Gasteiger partial charge on any atom is -0.378 e. The fourth-order valence-corrected chi connectivity index (χ4v) is 4.00. The van der Waals surface area contributed by atoms with Crippen LogP contribution in [0, 0.1) is 5.92 Å². The highest BCUT2D eigenvalue weighted by Crippen LogP contribution is 2.33. The molecule has 1 aliphatic heterocycles. The highest BCUT2D eigenvalue weighted by atomic mass is 16.5. The predicted octanol–water partition coefficient (Wildman–Crippen LogP) is 3.31. The van der Waals surface area contributed by atoms with E-state index < -0.39 is 0 Å². The monoisotopic (exact) mass is 344 g/mol. The number of ether oxygens (including phenoxy) is 1. The van der Waals surface area contributed by atoms with Gasteiger partial charge >= 0.3 is 0 Å². The van der Waals surface area contributed by atoms with Crippen LogP contribution in [0.4, 0.5) is 0 Å². The molecule has 1 aromatic carbocycles. The minimum atomic E-state index is 0.341. The molecule has 4 heteroatoms. The Morgan fingerprint density at radius 1 is 1.16 bits per heavy atom. The molecule has 0 N–H and O–H groups in total. The maximum atomic E-state index is 12.7. The summed E-state index contributed by atoms with van der Waals surface area (Å²) in [5.41, 5.74) is 1.35. The van der Waals surface area contributed by atoms with Crippen LogP contribution in [0.25, 0.3) is 0 Å². The summed E-state index contributed by atoms with van der Waals surface area (Å²) in [6, 6.07) is 11.2. The second-order valence-electron chi connectivity index (χ2n) is 7.59. The first-order valence-electron chi connectivity index (χ1n) is 9.83. The van der Waals surface area contributed by atoms with Crippen molar-refractivity contribution >= 4 is 5.91 Å². The molecule has 1 heterocycles. The summed E-state index contributed by atoms with van der Waals surface area (Å²) in [4.78, 5) is 17.3. The van der Waals surface area contributed by atoms with Crippen LogP contribution in [-0.4, -0.2) is 54.1 Å². The summed E-state index contributed by atoms with van der Waals surface area (Å²) < 4.78 is 5.61. The SMILES string of the molecule is CCOC1CC(CC(=O)N2CCC(C)N(Cc3ccccc3)CC2)C1. The van der Waals surface area contributed by atoms with Gasteiger partial charge in [0.1, 0.15) is 0 Å². The Morgan fingerprint density at radius 3 is 2.64 bits per heavy atom. The molecule has 1 saturated heterocycles. The van der Waals surface area contributed by atoms with Gasteiger partial charge in [-0.15, -0.1) is 0 Å². The average Bonchev–Trinajstić information content (AvgIpc) is 2.76. The standard InChI is InChI=1S/C21H32N2O2/c1-3-25-20-13-19(14-20)15-21(24)22-10-9-17(2)23(12-11-22)16-18-7-5-4-6-8-18/h4-8,17,19-20H,3,9-16H2,1-2H3. The van der Waals surface area contributed by atoms with Gasteiger partial charge in [0.05, 0.1) is 6.10 Å². The van der Waals surface area contributed by atoms with Crippen molar-refractivity contribution in [1.82, 2.24) is 9.80 Å². The van der Waals surface area contributed by atoms with Crippen LogP contribution in [0.15, 0.2) is 30.3 Å². The Labute approximate surface area is 152 Å². The molecule has 2 fully saturated rings. The lowest BCUT2D eigenvalue weighted by molar-refractivity contribution is -0.134. The van der Waals surface area contributed by atoms with E-state index in [9.17, 15) is 4.79 Å². The molecule has 0 bridgehead atoms. The molecule has 1 unspecified atom stereocenters. The first-order valence-corrected chi connectivity index (χ1v) is 9.83. The molecule has 138 valence electrons. The van der Waals surface area contributed by atoms with E-state index in [2.05, 4.69) is 47.1 Å². The van der Waals surface area contributed by atoms with Crippen molar-refractivity contribution in [3.05, 3.63) is 35.9 Å². The lowest BCUT2D eigenvalue weighted by Gasteiger charge is -2.35. The molecule has 4 nitrogen and oxygen atoms in total. The Morgan fingerprint density at radius 2 is 1.92 bits per heavy atom. The summed E-state index contributed by atoms with van der Waals surface area (Å²) in [6.07, 6.45) is 4.28. The lowest BCUT2D eigenvalue weighted by Crippen LogP contribution is -2.39. The number of amides is 1. The molecule has 1 atom stereocenters. The van der Waals surface area contributed by atoms with Gasteiger partial charge in [0.15, 0.2) is 0 Å². The number of hydrogen-bond acceptors (Lipinski definition) is 3. The van der Waals surface area contributed by atoms with Crippen LogP contribution >= 0.6 is 0 Å². The summed E-state index contributed by atoms with van der Waals surface area (Å²) >= 11 is 0. The van der Waals surface area contributed by atoms with Crippen LogP contribution in [0.3, 0.4) is 0 Å². The van der Waals surface area contributed by atoms with E-state index in [0.29, 0.717) is 30.4 Å². The van der Waals surface area contributed by atoms with Crippen molar-refractivity contribution in [3.8, 4) is 0 Å². The van der Waals surface area contributed by atoms with E-state index in [1.807, 2.05) is 6.92 Å². The fourth-order valence-electron chi connectivity index (χ4n) is 4.00. The topological polar surface area (TPSA) is 32.8 Å². The molecule has 2 aliphatic rings. The second-order valence-corrected chi connectivity index (χ2v) is 7.59. The van der Waals surface area contributed by atoms with E-state index in [1.54, 1.807) is 0 Å². The van der Waals surface area contributed by atoms with Crippen LogP contribution in [0.1, 0.15) is 45.1 Å². The minimum absolute atomic E-state index is 0.341. The van der Waals surface area contributed by atoms with Crippen LogP contribution < -0.4 is 0 Å². The van der Waals surface area contributed by atoms with Crippen LogP contribution in [-0.2, 0) is 16.1 Å². The number of nitrogens with zero attached hydrogens (tertiary/aromatic N) is 2. The molecule has 1 saturated carbocycles. The Hall–Kier alpha value is -1.39. The van der Waals surface area contributed by atoms with E-state index in [4.69, 9.17) is 4.74 Å². The molecule has 1 aliphatic carbocycles. The largest absolute Gasteiger partial charge is 0.378 e. The van der Waals surface area contributed by atoms with Gasteiger partial charge in [0.25, 0.3) is 0 Å². The van der Waals surface area contributed by atoms with Crippen molar-refractivity contribution in [2.45, 2.75) is 58.2 Å². The van der Waals surface area contributed by atoms with Crippen molar-refractivity contribution < 1.29 is 9.53 Å². The molecule has 3 rings (SSSR count). The van der Waals surface area contributed by atoms with Gasteiger partial charge in [-0.3, -0.25) is 9.69 Å². The summed E-state index contributed by atoms with van der Waals surface area (Å²) in [5, 5.41) is 0. The van der Waals surface area contributed by atoms with Crippen molar-refractivity contribution in [1.29, 1.82) is 0 Å². The van der Waals surface area contributed by atoms with E-state index in [0.717, 1.165) is 52.0 Å². The highest BCUT2D eigenvalue weighted by Gasteiger charge is 2.33. The number of benzene rings is 1. The Balaban J connectivity index is 1.46. The van der Waals surface area contributed by atoms with Crippen LogP contribution in [0.5, 0.6) is 0 Å². The third kappa shape index (κ3) is 5.05. The molecular formula is C21H32N2O2. The molecular weight excluding hydrogens is 312 g/mol. The van der Waals surface area contributed by atoms with Gasteiger partial charge in [-0.05, 0) is 44.6 Å². The van der Waals surface area contributed by atoms with E-state index >= 15 is 0 Å². The molecule has 1 aromatic rings. The summed E-state index contributed by atoms with van der Waals surface area (Å²) in [5.74, 6) is 0.874. The number of rotatable bonds is 6. The number of carbonyl (C=O) groups is 1. The zero-order valence-electron chi connectivity index (χ0n) is 15.7. The molecule has 0 spiro atoms. The van der Waals surface area contributed by atoms with Crippen LogP contribution in [0.2, 0.25) is 0 Å². The molecule has 1 amide bonds. The normalized spacial score (nSPS) is 27.6. The first kappa shape index (κ1) is 18.4. The first-order chi connectivity index (χ1) is 12.2. The van der Waals surface area contributed by atoms with Crippen molar-refractivity contribution in [2.24, 2.45) is 5.92 Å². The van der Waals surface area contributed by atoms with Gasteiger partial charge in [-0.2, -0.15) is 0 Å². The van der Waals surface area contributed by atoms with E-state index in [-0.39, 0.29) is 0 Å². The maximum Gasteiger partial charge on any atom is 0.222 e. The fraction of sp³-hybridized carbons (Fsp3) is 0.667. The van der Waals surface area contributed by atoms with Gasteiger partial charge in [0, 0.05) is 45.2 Å². The molecule has 25 heavy (non-hydrogen) atoms. The van der Waals surface area contributed by atoms with Crippen molar-refractivity contribution in [3.63, 3.8) is 0 Å². The lowest BCUT2D eigenvalue weighted by atomic mass is 9.79. The van der Waals surface area contributed by atoms with Gasteiger partial charge in [-0.1, -0.05) is 30.3 Å². The smallest absolute Gasteiger partial charge is 0.222 e. The summed E-state index contributed by atoms with van der Waals surface area (Å²) in [7, 11) is 0. The number of hydrogen-bond donors (Lipinski definition) is 0. The predicted molar refractivity (Wildman–Crippen MR) is 100 cm³/mol. The molecule has 0 radical (unpaired) electrons. The van der Waals surface area contributed by atoms with Gasteiger partial charge in [-0.25, -0.2) is 0 Å². The number of carbonyl (C=O) groups excluding carboxylic acids is 1. The Kier molecular flexibility index (Phi) is 6.49. The quantitative estimate of drug-likeness (QED) is 0.794.